The van der Waals surface area contributed by atoms with E-state index in [0.29, 0.717) is 29.1 Å². The summed E-state index contributed by atoms with van der Waals surface area (Å²) in [7, 11) is 0. The first-order chi connectivity index (χ1) is 11.5. The van der Waals surface area contributed by atoms with Crippen molar-refractivity contribution in [2.45, 2.75) is 64.0 Å². The lowest BCUT2D eigenvalue weighted by molar-refractivity contribution is -0.116. The molecule has 0 saturated heterocycles. The van der Waals surface area contributed by atoms with Gasteiger partial charge in [0.05, 0.1) is 10.6 Å². The normalized spacial score (nSPS) is 16.5. The number of carbonyl (C=O) groups is 2. The second-order valence-electron chi connectivity index (χ2n) is 6.57. The summed E-state index contributed by atoms with van der Waals surface area (Å²) in [6.07, 6.45) is 6.52. The average Bonchev–Trinajstić information content (AvgIpc) is 2.55. The number of amides is 2. The minimum atomic E-state index is -0.182. The monoisotopic (exact) mass is 351 g/mol. The van der Waals surface area contributed by atoms with E-state index >= 15 is 0 Å². The molecule has 132 valence electrons. The first-order valence-electron chi connectivity index (χ1n) is 8.61. The van der Waals surface area contributed by atoms with Crippen LogP contribution in [0.2, 0.25) is 5.02 Å². The number of carbonyl (C=O) groups excluding carboxylic acids is 2. The van der Waals surface area contributed by atoms with Crippen LogP contribution in [0, 0.1) is 0 Å². The number of nitrogens with one attached hydrogen (secondary N) is 2. The van der Waals surface area contributed by atoms with Gasteiger partial charge in [0.1, 0.15) is 0 Å². The molecule has 1 aromatic rings. The van der Waals surface area contributed by atoms with Gasteiger partial charge >= 0.3 is 0 Å². The van der Waals surface area contributed by atoms with Crippen molar-refractivity contribution in [2.24, 2.45) is 5.73 Å². The minimum Gasteiger partial charge on any atom is -0.349 e. The molecular formula is C18H26ClN3O2. The zero-order chi connectivity index (χ0) is 17.5. The molecule has 2 rings (SSSR count). The maximum Gasteiger partial charge on any atom is 0.253 e. The highest BCUT2D eigenvalue weighted by Gasteiger charge is 2.19. The Labute approximate surface area is 148 Å². The first-order valence-corrected chi connectivity index (χ1v) is 8.99. The fraction of sp³-hybridized carbons (Fsp3) is 0.556. The minimum absolute atomic E-state index is 0.0159. The van der Waals surface area contributed by atoms with Crippen LogP contribution in [-0.4, -0.2) is 23.9 Å². The van der Waals surface area contributed by atoms with Crippen molar-refractivity contribution in [2.75, 3.05) is 5.32 Å². The van der Waals surface area contributed by atoms with Gasteiger partial charge < -0.3 is 16.4 Å². The van der Waals surface area contributed by atoms with Gasteiger partial charge in [-0.25, -0.2) is 0 Å². The van der Waals surface area contributed by atoms with Crippen LogP contribution in [0.15, 0.2) is 18.2 Å². The summed E-state index contributed by atoms with van der Waals surface area (Å²) in [4.78, 5) is 24.4. The van der Waals surface area contributed by atoms with E-state index in [9.17, 15) is 9.59 Å². The van der Waals surface area contributed by atoms with E-state index < -0.39 is 0 Å². The summed E-state index contributed by atoms with van der Waals surface area (Å²) in [5.74, 6) is -0.299. The van der Waals surface area contributed by atoms with Gasteiger partial charge in [0.2, 0.25) is 5.91 Å². The van der Waals surface area contributed by atoms with Crippen LogP contribution < -0.4 is 16.4 Å². The Bertz CT molecular complexity index is 584. The number of benzene rings is 1. The third-order valence-corrected chi connectivity index (χ3v) is 4.59. The van der Waals surface area contributed by atoms with E-state index in [0.717, 1.165) is 25.7 Å². The molecule has 1 aliphatic carbocycles. The van der Waals surface area contributed by atoms with Crippen molar-refractivity contribution in [1.29, 1.82) is 0 Å². The Morgan fingerprint density at radius 2 is 2.00 bits per heavy atom. The Morgan fingerprint density at radius 1 is 1.29 bits per heavy atom. The topological polar surface area (TPSA) is 84.2 Å². The summed E-state index contributed by atoms with van der Waals surface area (Å²) >= 11 is 6.16. The van der Waals surface area contributed by atoms with E-state index in [1.165, 1.54) is 6.42 Å². The van der Waals surface area contributed by atoms with Crippen LogP contribution >= 0.6 is 11.6 Å². The average molecular weight is 352 g/mol. The predicted octanol–water partition coefficient (Wildman–Crippen LogP) is 3.47. The molecule has 1 atom stereocenters. The van der Waals surface area contributed by atoms with Crippen LogP contribution in [0.3, 0.4) is 0 Å². The quantitative estimate of drug-likeness (QED) is 0.733. The molecule has 4 N–H and O–H groups in total. The summed E-state index contributed by atoms with van der Waals surface area (Å²) in [6.45, 7) is 1.86. The van der Waals surface area contributed by atoms with Crippen molar-refractivity contribution in [3.63, 3.8) is 0 Å². The molecule has 1 aliphatic rings. The second-order valence-corrected chi connectivity index (χ2v) is 6.97. The summed E-state index contributed by atoms with van der Waals surface area (Å²) in [5, 5.41) is 6.22. The molecule has 5 nitrogen and oxygen atoms in total. The summed E-state index contributed by atoms with van der Waals surface area (Å²) in [6, 6.07) is 5.16. The molecule has 0 bridgehead atoms. The van der Waals surface area contributed by atoms with Gasteiger partial charge in [-0.3, -0.25) is 9.59 Å². The number of rotatable bonds is 6. The maximum absolute atomic E-state index is 12.5. The van der Waals surface area contributed by atoms with E-state index in [2.05, 4.69) is 10.6 Å². The highest BCUT2D eigenvalue weighted by molar-refractivity contribution is 6.34. The molecule has 0 heterocycles. The van der Waals surface area contributed by atoms with Crippen LogP contribution in [0.5, 0.6) is 0 Å². The second kappa shape index (κ2) is 9.04. The van der Waals surface area contributed by atoms with Crippen molar-refractivity contribution < 1.29 is 9.59 Å². The zero-order valence-corrected chi connectivity index (χ0v) is 14.9. The van der Waals surface area contributed by atoms with Gasteiger partial charge in [0.25, 0.3) is 5.91 Å². The van der Waals surface area contributed by atoms with Crippen molar-refractivity contribution in [3.8, 4) is 0 Å². The molecule has 2 amide bonds. The molecule has 0 aliphatic heterocycles. The number of hydrogen-bond acceptors (Lipinski definition) is 3. The molecule has 1 unspecified atom stereocenters. The fourth-order valence-corrected chi connectivity index (χ4v) is 3.07. The molecule has 1 fully saturated rings. The van der Waals surface area contributed by atoms with Crippen LogP contribution in [0.4, 0.5) is 5.69 Å². The Morgan fingerprint density at radius 3 is 2.67 bits per heavy atom. The van der Waals surface area contributed by atoms with Gasteiger partial charge in [0, 0.05) is 24.2 Å². The van der Waals surface area contributed by atoms with Gasteiger partial charge in [-0.2, -0.15) is 0 Å². The van der Waals surface area contributed by atoms with Crippen LogP contribution in [0.1, 0.15) is 62.2 Å². The van der Waals surface area contributed by atoms with E-state index in [-0.39, 0.29) is 23.9 Å². The molecule has 6 heteroatoms. The van der Waals surface area contributed by atoms with Crippen molar-refractivity contribution in [3.05, 3.63) is 28.8 Å². The highest BCUT2D eigenvalue weighted by Crippen LogP contribution is 2.23. The van der Waals surface area contributed by atoms with Crippen LogP contribution in [0.25, 0.3) is 0 Å². The van der Waals surface area contributed by atoms with Gasteiger partial charge in [-0.1, -0.05) is 30.9 Å². The number of nitrogens with two attached hydrogens (primary N) is 1. The fourth-order valence-electron chi connectivity index (χ4n) is 2.87. The molecule has 0 spiro atoms. The van der Waals surface area contributed by atoms with Gasteiger partial charge in [0.15, 0.2) is 0 Å². The number of halogens is 1. The Balaban J connectivity index is 1.99. The SMILES string of the molecule is CC(N)CCC(=O)Nc1ccc(Cl)c(C(=O)NC2CCCCC2)c1. The van der Waals surface area contributed by atoms with Crippen molar-refractivity contribution in [1.82, 2.24) is 5.32 Å². The number of anilines is 1. The van der Waals surface area contributed by atoms with Gasteiger partial charge in [-0.05, 0) is 44.4 Å². The molecule has 1 aromatic carbocycles. The third kappa shape index (κ3) is 5.80. The lowest BCUT2D eigenvalue weighted by Gasteiger charge is -2.23. The van der Waals surface area contributed by atoms with Crippen molar-refractivity contribution >= 4 is 29.1 Å². The maximum atomic E-state index is 12.5. The predicted molar refractivity (Wildman–Crippen MR) is 97.3 cm³/mol. The van der Waals surface area contributed by atoms with Gasteiger partial charge in [-0.15, -0.1) is 0 Å². The molecule has 0 radical (unpaired) electrons. The zero-order valence-electron chi connectivity index (χ0n) is 14.1. The lowest BCUT2D eigenvalue weighted by atomic mass is 9.95. The van der Waals surface area contributed by atoms with E-state index in [1.807, 2.05) is 6.92 Å². The summed E-state index contributed by atoms with van der Waals surface area (Å²) < 4.78 is 0. The molecule has 0 aromatic heterocycles. The standard InChI is InChI=1S/C18H26ClN3O2/c1-12(20)7-10-17(23)21-14-8-9-16(19)15(11-14)18(24)22-13-5-3-2-4-6-13/h8-9,11-13H,2-7,10,20H2,1H3,(H,21,23)(H,22,24). The largest absolute Gasteiger partial charge is 0.349 e. The molecule has 24 heavy (non-hydrogen) atoms. The van der Waals surface area contributed by atoms with E-state index in [4.69, 9.17) is 17.3 Å². The third-order valence-electron chi connectivity index (χ3n) is 4.26. The Kier molecular flexibility index (Phi) is 7.06. The Hall–Kier alpha value is -1.59. The lowest BCUT2D eigenvalue weighted by Crippen LogP contribution is -2.36. The smallest absolute Gasteiger partial charge is 0.253 e. The first kappa shape index (κ1) is 18.7. The highest BCUT2D eigenvalue weighted by atomic mass is 35.5. The summed E-state index contributed by atoms with van der Waals surface area (Å²) in [5.41, 5.74) is 6.62. The van der Waals surface area contributed by atoms with Crippen LogP contribution in [-0.2, 0) is 4.79 Å². The van der Waals surface area contributed by atoms with E-state index in [1.54, 1.807) is 18.2 Å². The number of hydrogen-bond donors (Lipinski definition) is 3. The molecular weight excluding hydrogens is 326 g/mol. The molecule has 1 saturated carbocycles.